The number of anilines is 1. The number of amides is 1. The Bertz CT molecular complexity index is 978. The molecule has 2 aromatic rings. The molecule has 0 spiro atoms. The van der Waals surface area contributed by atoms with Gasteiger partial charge >= 0.3 is 0 Å². The lowest BCUT2D eigenvalue weighted by Crippen LogP contribution is -2.42. The first-order valence-corrected chi connectivity index (χ1v) is 11.8. The molecule has 3 rings (SSSR count). The van der Waals surface area contributed by atoms with Gasteiger partial charge < -0.3 is 5.32 Å². The number of benzene rings is 2. The molecule has 0 bridgehead atoms. The van der Waals surface area contributed by atoms with Gasteiger partial charge in [0.15, 0.2) is 5.78 Å². The van der Waals surface area contributed by atoms with Crippen LogP contribution in [-0.4, -0.2) is 31.4 Å². The lowest BCUT2D eigenvalue weighted by Gasteiger charge is -2.28. The van der Waals surface area contributed by atoms with Gasteiger partial charge in [0.25, 0.3) is 0 Å². The number of sulfonamides is 1. The Balaban J connectivity index is 1.53. The van der Waals surface area contributed by atoms with Gasteiger partial charge in [0.2, 0.25) is 15.9 Å². The Morgan fingerprint density at radius 2 is 1.43 bits per heavy atom. The Morgan fingerprint density at radius 3 is 2.00 bits per heavy atom. The molecule has 0 radical (unpaired) electrons. The molecule has 7 heteroatoms. The van der Waals surface area contributed by atoms with Crippen LogP contribution in [0, 0.1) is 5.92 Å². The molecule has 30 heavy (non-hydrogen) atoms. The van der Waals surface area contributed by atoms with Crippen molar-refractivity contribution in [2.24, 2.45) is 5.92 Å². The molecule has 2 N–H and O–H groups in total. The van der Waals surface area contributed by atoms with Crippen LogP contribution in [0.4, 0.5) is 5.69 Å². The maximum absolute atomic E-state index is 12.6. The smallest absolute Gasteiger partial charge is 0.227 e. The van der Waals surface area contributed by atoms with Crippen LogP contribution >= 0.6 is 0 Å². The van der Waals surface area contributed by atoms with Gasteiger partial charge in [-0.15, -0.1) is 0 Å². The van der Waals surface area contributed by atoms with Crippen molar-refractivity contribution < 1.29 is 18.0 Å². The van der Waals surface area contributed by atoms with Crippen LogP contribution in [-0.2, 0) is 14.8 Å². The Hall–Kier alpha value is -2.51. The van der Waals surface area contributed by atoms with Crippen molar-refractivity contribution in [1.82, 2.24) is 4.72 Å². The summed E-state index contributed by atoms with van der Waals surface area (Å²) in [5.74, 6) is -0.270. The number of nitrogens with one attached hydrogen (secondary N) is 2. The van der Waals surface area contributed by atoms with Crippen molar-refractivity contribution >= 4 is 27.4 Å². The second-order valence-corrected chi connectivity index (χ2v) is 10.3. The van der Waals surface area contributed by atoms with E-state index in [0.717, 1.165) is 0 Å². The Kier molecular flexibility index (Phi) is 7.05. The average Bonchev–Trinajstić information content (AvgIpc) is 2.74. The van der Waals surface area contributed by atoms with E-state index in [2.05, 4.69) is 10.0 Å². The van der Waals surface area contributed by atoms with Crippen LogP contribution in [0.3, 0.4) is 0 Å². The predicted molar refractivity (Wildman–Crippen MR) is 118 cm³/mol. The third-order valence-electron chi connectivity index (χ3n) is 5.50. The van der Waals surface area contributed by atoms with Crippen molar-refractivity contribution in [3.63, 3.8) is 0 Å². The van der Waals surface area contributed by atoms with Crippen molar-refractivity contribution in [1.29, 1.82) is 0 Å². The van der Waals surface area contributed by atoms with Crippen LogP contribution in [0.5, 0.6) is 0 Å². The van der Waals surface area contributed by atoms with Crippen LogP contribution < -0.4 is 10.0 Å². The lowest BCUT2D eigenvalue weighted by molar-refractivity contribution is -0.120. The van der Waals surface area contributed by atoms with E-state index in [-0.39, 0.29) is 23.7 Å². The molecule has 1 aliphatic carbocycles. The number of hydrogen-bond acceptors (Lipinski definition) is 4. The molecule has 6 nitrogen and oxygen atoms in total. The van der Waals surface area contributed by atoms with E-state index < -0.39 is 15.3 Å². The Morgan fingerprint density at radius 1 is 0.867 bits per heavy atom. The first-order chi connectivity index (χ1) is 14.3. The maximum atomic E-state index is 12.6. The fourth-order valence-corrected chi connectivity index (χ4v) is 4.52. The summed E-state index contributed by atoms with van der Waals surface area (Å²) >= 11 is 0. The third kappa shape index (κ3) is 5.55. The van der Waals surface area contributed by atoms with Crippen molar-refractivity contribution in [2.75, 3.05) is 5.32 Å². The molecule has 0 aromatic heterocycles. The fourth-order valence-electron chi connectivity index (χ4n) is 3.55. The molecule has 0 heterocycles. The Labute approximate surface area is 178 Å². The van der Waals surface area contributed by atoms with Crippen LogP contribution in [0.15, 0.2) is 54.6 Å². The molecule has 0 saturated heterocycles. The van der Waals surface area contributed by atoms with E-state index in [4.69, 9.17) is 0 Å². The number of carbonyl (C=O) groups excluding carboxylic acids is 2. The van der Waals surface area contributed by atoms with Gasteiger partial charge in [-0.25, -0.2) is 13.1 Å². The molecule has 1 aliphatic rings. The summed E-state index contributed by atoms with van der Waals surface area (Å²) in [6.45, 7) is 3.31. The maximum Gasteiger partial charge on any atom is 0.227 e. The highest BCUT2D eigenvalue weighted by Crippen LogP contribution is 2.26. The van der Waals surface area contributed by atoms with Gasteiger partial charge in [0.1, 0.15) is 0 Å². The summed E-state index contributed by atoms with van der Waals surface area (Å²) in [4.78, 5) is 25.1. The summed E-state index contributed by atoms with van der Waals surface area (Å²) in [6.07, 6.45) is 2.58. The lowest BCUT2D eigenvalue weighted by atomic mass is 9.86. The zero-order chi connectivity index (χ0) is 21.7. The molecular formula is C23H28N2O4S. The van der Waals surface area contributed by atoms with E-state index in [1.54, 1.807) is 50.2 Å². The van der Waals surface area contributed by atoms with E-state index in [1.165, 1.54) is 0 Å². The molecule has 0 aliphatic heterocycles. The number of carbonyl (C=O) groups is 2. The first-order valence-electron chi connectivity index (χ1n) is 10.3. The molecule has 160 valence electrons. The fraction of sp³-hybridized carbons (Fsp3) is 0.391. The predicted octanol–water partition coefficient (Wildman–Crippen LogP) is 3.74. The topological polar surface area (TPSA) is 92.3 Å². The highest BCUT2D eigenvalue weighted by Gasteiger charge is 2.29. The van der Waals surface area contributed by atoms with Gasteiger partial charge in [-0.1, -0.05) is 30.3 Å². The molecule has 1 fully saturated rings. The molecule has 0 atom stereocenters. The zero-order valence-electron chi connectivity index (χ0n) is 17.3. The highest BCUT2D eigenvalue weighted by atomic mass is 32.2. The minimum Gasteiger partial charge on any atom is -0.326 e. The largest absolute Gasteiger partial charge is 0.326 e. The molecule has 1 saturated carbocycles. The highest BCUT2D eigenvalue weighted by molar-refractivity contribution is 7.90. The molecule has 1 amide bonds. The van der Waals surface area contributed by atoms with Gasteiger partial charge in [0.05, 0.1) is 5.25 Å². The van der Waals surface area contributed by atoms with E-state index >= 15 is 0 Å². The average molecular weight is 429 g/mol. The number of hydrogen-bond donors (Lipinski definition) is 2. The summed E-state index contributed by atoms with van der Waals surface area (Å²) in [5.41, 5.74) is 1.84. The summed E-state index contributed by atoms with van der Waals surface area (Å²) in [5, 5.41) is 2.45. The van der Waals surface area contributed by atoms with Gasteiger partial charge in [-0.2, -0.15) is 0 Å². The summed E-state index contributed by atoms with van der Waals surface area (Å²) in [7, 11) is -3.29. The summed E-state index contributed by atoms with van der Waals surface area (Å²) < 4.78 is 26.8. The van der Waals surface area contributed by atoms with Gasteiger partial charge in [-0.3, -0.25) is 9.59 Å². The SMILES string of the molecule is CC(C)S(=O)(=O)NC1CCC(C(=O)Nc2ccc(C(=O)c3ccccc3)cc2)CC1. The van der Waals surface area contributed by atoms with Crippen molar-refractivity contribution in [2.45, 2.75) is 50.8 Å². The van der Waals surface area contributed by atoms with Crippen LogP contribution in [0.2, 0.25) is 0 Å². The monoisotopic (exact) mass is 428 g/mol. The van der Waals surface area contributed by atoms with Gasteiger partial charge in [-0.05, 0) is 63.8 Å². The molecular weight excluding hydrogens is 400 g/mol. The standard InChI is InChI=1S/C23H28N2O4S/c1-16(2)30(28,29)25-21-14-10-19(11-15-21)23(27)24-20-12-8-18(9-13-20)22(26)17-6-4-3-5-7-17/h3-9,12-13,16,19,21,25H,10-11,14-15H2,1-2H3,(H,24,27). The van der Waals surface area contributed by atoms with Crippen molar-refractivity contribution in [3.05, 3.63) is 65.7 Å². The first kappa shape index (κ1) is 22.2. The zero-order valence-corrected chi connectivity index (χ0v) is 18.1. The van der Waals surface area contributed by atoms with E-state index in [1.807, 2.05) is 18.2 Å². The second kappa shape index (κ2) is 9.53. The summed E-state index contributed by atoms with van der Waals surface area (Å²) in [6, 6.07) is 15.8. The second-order valence-electron chi connectivity index (χ2n) is 8.02. The molecule has 2 aromatic carbocycles. The van der Waals surface area contributed by atoms with Gasteiger partial charge in [0, 0.05) is 28.8 Å². The normalized spacial score (nSPS) is 19.4. The number of rotatable bonds is 7. The van der Waals surface area contributed by atoms with E-state index in [9.17, 15) is 18.0 Å². The minimum absolute atomic E-state index is 0.0596. The van der Waals surface area contributed by atoms with E-state index in [0.29, 0.717) is 42.5 Å². The minimum atomic E-state index is -3.29. The van der Waals surface area contributed by atoms with Crippen molar-refractivity contribution in [3.8, 4) is 0 Å². The van der Waals surface area contributed by atoms with Crippen LogP contribution in [0.25, 0.3) is 0 Å². The quantitative estimate of drug-likeness (QED) is 0.657. The van der Waals surface area contributed by atoms with Crippen LogP contribution in [0.1, 0.15) is 55.5 Å². The third-order valence-corrected chi connectivity index (χ3v) is 7.40. The molecule has 0 unspecified atom stereocenters. The number of ketones is 1.